The van der Waals surface area contributed by atoms with Gasteiger partial charge in [-0.1, -0.05) is 43.7 Å². The van der Waals surface area contributed by atoms with E-state index >= 15 is 0 Å². The van der Waals surface area contributed by atoms with Crippen LogP contribution in [0.1, 0.15) is 34.8 Å². The SMILES string of the molecule is Cc1ccc(-c2nc(CC(C)C)c(C(=O)O)s2)cc1. The molecule has 0 aliphatic rings. The Balaban J connectivity index is 2.42. The Morgan fingerprint density at radius 1 is 1.32 bits per heavy atom. The summed E-state index contributed by atoms with van der Waals surface area (Å²) < 4.78 is 0. The highest BCUT2D eigenvalue weighted by molar-refractivity contribution is 7.17. The molecule has 1 aromatic carbocycles. The second-order valence-corrected chi connectivity index (χ2v) is 6.06. The van der Waals surface area contributed by atoms with Crippen molar-refractivity contribution in [2.24, 2.45) is 5.92 Å². The largest absolute Gasteiger partial charge is 0.477 e. The number of aromatic nitrogens is 1. The standard InChI is InChI=1S/C15H17NO2S/c1-9(2)8-12-13(15(17)18)19-14(16-12)11-6-4-10(3)5-7-11/h4-7,9H,8H2,1-3H3,(H,17,18). The van der Waals surface area contributed by atoms with Gasteiger partial charge in [-0.05, 0) is 19.3 Å². The molecule has 0 amide bonds. The molecule has 1 heterocycles. The zero-order valence-corrected chi connectivity index (χ0v) is 12.1. The molecule has 4 heteroatoms. The van der Waals surface area contributed by atoms with Gasteiger partial charge in [-0.2, -0.15) is 0 Å². The minimum absolute atomic E-state index is 0.365. The molecule has 0 bridgehead atoms. The molecule has 0 atom stereocenters. The van der Waals surface area contributed by atoms with Crippen molar-refractivity contribution in [1.82, 2.24) is 4.98 Å². The second-order valence-electron chi connectivity index (χ2n) is 5.06. The summed E-state index contributed by atoms with van der Waals surface area (Å²) in [6.07, 6.45) is 0.698. The Bertz CT molecular complexity index is 585. The maximum Gasteiger partial charge on any atom is 0.347 e. The third kappa shape index (κ3) is 3.20. The molecule has 0 saturated carbocycles. The first kappa shape index (κ1) is 13.7. The fraction of sp³-hybridized carbons (Fsp3) is 0.333. The third-order valence-electron chi connectivity index (χ3n) is 2.79. The van der Waals surface area contributed by atoms with Crippen LogP contribution >= 0.6 is 11.3 Å². The topological polar surface area (TPSA) is 50.2 Å². The fourth-order valence-electron chi connectivity index (χ4n) is 1.86. The van der Waals surface area contributed by atoms with Gasteiger partial charge >= 0.3 is 5.97 Å². The van der Waals surface area contributed by atoms with Crippen LogP contribution in [0.15, 0.2) is 24.3 Å². The number of rotatable bonds is 4. The van der Waals surface area contributed by atoms with Crippen molar-refractivity contribution >= 4 is 17.3 Å². The minimum atomic E-state index is -0.883. The summed E-state index contributed by atoms with van der Waals surface area (Å²) in [6.45, 7) is 6.16. The lowest BCUT2D eigenvalue weighted by atomic mass is 10.1. The molecule has 19 heavy (non-hydrogen) atoms. The van der Waals surface area contributed by atoms with Gasteiger partial charge in [0.2, 0.25) is 0 Å². The number of carbonyl (C=O) groups is 1. The van der Waals surface area contributed by atoms with Gasteiger partial charge in [0.05, 0.1) is 5.69 Å². The fourth-order valence-corrected chi connectivity index (χ4v) is 2.80. The lowest BCUT2D eigenvalue weighted by molar-refractivity contribution is 0.0700. The molecule has 0 saturated heterocycles. The van der Waals surface area contributed by atoms with Crippen molar-refractivity contribution in [2.75, 3.05) is 0 Å². The smallest absolute Gasteiger partial charge is 0.347 e. The number of benzene rings is 1. The van der Waals surface area contributed by atoms with E-state index in [0.717, 1.165) is 10.6 Å². The van der Waals surface area contributed by atoms with Gasteiger partial charge in [0.1, 0.15) is 9.88 Å². The van der Waals surface area contributed by atoms with E-state index in [9.17, 15) is 9.90 Å². The van der Waals surface area contributed by atoms with E-state index in [2.05, 4.69) is 18.8 Å². The zero-order valence-electron chi connectivity index (χ0n) is 11.3. The molecule has 0 fully saturated rings. The number of nitrogens with zero attached hydrogens (tertiary/aromatic N) is 1. The van der Waals surface area contributed by atoms with Crippen molar-refractivity contribution in [2.45, 2.75) is 27.2 Å². The van der Waals surface area contributed by atoms with Gasteiger partial charge in [-0.15, -0.1) is 11.3 Å². The summed E-state index contributed by atoms with van der Waals surface area (Å²) >= 11 is 1.26. The monoisotopic (exact) mass is 275 g/mol. The van der Waals surface area contributed by atoms with Gasteiger partial charge in [0, 0.05) is 5.56 Å². The summed E-state index contributed by atoms with van der Waals surface area (Å²) in [5.74, 6) is -0.488. The van der Waals surface area contributed by atoms with Crippen LogP contribution < -0.4 is 0 Å². The lowest BCUT2D eigenvalue weighted by Crippen LogP contribution is -2.02. The molecule has 0 aliphatic heterocycles. The van der Waals surface area contributed by atoms with E-state index in [0.29, 0.717) is 22.9 Å². The molecule has 0 aliphatic carbocycles. The van der Waals surface area contributed by atoms with Gasteiger partial charge in [-0.25, -0.2) is 9.78 Å². The van der Waals surface area contributed by atoms with Crippen molar-refractivity contribution in [1.29, 1.82) is 0 Å². The molecule has 100 valence electrons. The average Bonchev–Trinajstić information content (AvgIpc) is 2.73. The quantitative estimate of drug-likeness (QED) is 0.917. The van der Waals surface area contributed by atoms with Crippen LogP contribution in [0.5, 0.6) is 0 Å². The van der Waals surface area contributed by atoms with E-state index in [-0.39, 0.29) is 0 Å². The molecule has 2 rings (SSSR count). The first-order valence-electron chi connectivity index (χ1n) is 6.27. The maximum atomic E-state index is 11.3. The zero-order chi connectivity index (χ0) is 14.0. The van der Waals surface area contributed by atoms with Crippen molar-refractivity contribution in [3.63, 3.8) is 0 Å². The molecule has 0 radical (unpaired) electrons. The number of carboxylic acid groups (broad SMARTS) is 1. The van der Waals surface area contributed by atoms with Crippen LogP contribution in [0.3, 0.4) is 0 Å². The predicted octanol–water partition coefficient (Wildman–Crippen LogP) is 4.02. The molecule has 0 unspecified atom stereocenters. The summed E-state index contributed by atoms with van der Waals surface area (Å²) in [5.41, 5.74) is 2.86. The molecular weight excluding hydrogens is 258 g/mol. The Morgan fingerprint density at radius 3 is 2.47 bits per heavy atom. The Morgan fingerprint density at radius 2 is 1.95 bits per heavy atom. The highest BCUT2D eigenvalue weighted by Gasteiger charge is 2.18. The Hall–Kier alpha value is -1.68. The number of aryl methyl sites for hydroxylation is 1. The Labute approximate surface area is 116 Å². The first-order chi connectivity index (χ1) is 8.97. The predicted molar refractivity (Wildman–Crippen MR) is 77.8 cm³/mol. The summed E-state index contributed by atoms with van der Waals surface area (Å²) in [6, 6.07) is 8.00. The van der Waals surface area contributed by atoms with E-state index in [1.807, 2.05) is 31.2 Å². The van der Waals surface area contributed by atoms with Crippen LogP contribution in [0.4, 0.5) is 0 Å². The third-order valence-corrected chi connectivity index (χ3v) is 3.93. The summed E-state index contributed by atoms with van der Waals surface area (Å²) in [4.78, 5) is 16.1. The van der Waals surface area contributed by atoms with E-state index < -0.39 is 5.97 Å². The van der Waals surface area contributed by atoms with Crippen LogP contribution in [-0.2, 0) is 6.42 Å². The van der Waals surface area contributed by atoms with Crippen LogP contribution in [0, 0.1) is 12.8 Å². The summed E-state index contributed by atoms with van der Waals surface area (Å²) in [7, 11) is 0. The van der Waals surface area contributed by atoms with Crippen molar-refractivity contribution in [3.8, 4) is 10.6 Å². The van der Waals surface area contributed by atoms with E-state index in [4.69, 9.17) is 0 Å². The maximum absolute atomic E-state index is 11.3. The lowest BCUT2D eigenvalue weighted by Gasteiger charge is -2.01. The van der Waals surface area contributed by atoms with Gasteiger partial charge in [0.15, 0.2) is 0 Å². The summed E-state index contributed by atoms with van der Waals surface area (Å²) in [5, 5.41) is 10.0. The highest BCUT2D eigenvalue weighted by atomic mass is 32.1. The molecule has 3 nitrogen and oxygen atoms in total. The van der Waals surface area contributed by atoms with E-state index in [1.165, 1.54) is 16.9 Å². The normalized spacial score (nSPS) is 10.9. The number of thiazole rings is 1. The number of aromatic carboxylic acids is 1. The number of hydrogen-bond acceptors (Lipinski definition) is 3. The van der Waals surface area contributed by atoms with Gasteiger partial charge < -0.3 is 5.11 Å². The molecule has 0 spiro atoms. The molecular formula is C15H17NO2S. The molecule has 2 aromatic rings. The van der Waals surface area contributed by atoms with Gasteiger partial charge in [0.25, 0.3) is 0 Å². The van der Waals surface area contributed by atoms with Gasteiger partial charge in [-0.3, -0.25) is 0 Å². The number of hydrogen-bond donors (Lipinski definition) is 1. The second kappa shape index (κ2) is 5.53. The van der Waals surface area contributed by atoms with Crippen molar-refractivity contribution < 1.29 is 9.90 Å². The average molecular weight is 275 g/mol. The first-order valence-corrected chi connectivity index (χ1v) is 7.09. The Kier molecular flexibility index (Phi) is 4.00. The molecule has 1 aromatic heterocycles. The van der Waals surface area contributed by atoms with Crippen LogP contribution in [0.2, 0.25) is 0 Å². The minimum Gasteiger partial charge on any atom is -0.477 e. The van der Waals surface area contributed by atoms with Crippen molar-refractivity contribution in [3.05, 3.63) is 40.4 Å². The highest BCUT2D eigenvalue weighted by Crippen LogP contribution is 2.29. The molecule has 1 N–H and O–H groups in total. The number of carboxylic acids is 1. The van der Waals surface area contributed by atoms with E-state index in [1.54, 1.807) is 0 Å². The van der Waals surface area contributed by atoms with Crippen LogP contribution in [0.25, 0.3) is 10.6 Å². The van der Waals surface area contributed by atoms with Crippen LogP contribution in [-0.4, -0.2) is 16.1 Å².